The maximum absolute atomic E-state index is 11.4. The van der Waals surface area contributed by atoms with Gasteiger partial charge in [-0.2, -0.15) is 0 Å². The van der Waals surface area contributed by atoms with Crippen molar-refractivity contribution in [2.45, 2.75) is 95.3 Å². The minimum atomic E-state index is -0.392. The topological polar surface area (TPSA) is 76.0 Å². The Bertz CT molecular complexity index is 503. The van der Waals surface area contributed by atoms with Gasteiger partial charge in [-0.1, -0.05) is 31.4 Å². The maximum Gasteiger partial charge on any atom is 0.332 e. The van der Waals surface area contributed by atoms with Gasteiger partial charge in [-0.05, 0) is 70.1 Å². The zero-order valence-electron chi connectivity index (χ0n) is 18.0. The number of hydrogen-bond acceptors (Lipinski definition) is 5. The highest BCUT2D eigenvalue weighted by Gasteiger charge is 2.40. The van der Waals surface area contributed by atoms with E-state index >= 15 is 0 Å². The summed E-state index contributed by atoms with van der Waals surface area (Å²) in [5, 5.41) is 21.0. The summed E-state index contributed by atoms with van der Waals surface area (Å²) in [6.45, 7) is 3.91. The summed E-state index contributed by atoms with van der Waals surface area (Å²) < 4.78 is 10.3. The van der Waals surface area contributed by atoms with E-state index in [-0.39, 0.29) is 42.0 Å². The lowest BCUT2D eigenvalue weighted by atomic mass is 9.81. The molecule has 2 unspecified atom stereocenters. The first-order chi connectivity index (χ1) is 13.9. The molecule has 0 spiro atoms. The normalized spacial score (nSPS) is 29.6. The van der Waals surface area contributed by atoms with Crippen molar-refractivity contribution in [3.8, 4) is 0 Å². The van der Waals surface area contributed by atoms with Gasteiger partial charge in [0.1, 0.15) is 6.61 Å². The Balaban J connectivity index is 1.72. The molecule has 0 heterocycles. The van der Waals surface area contributed by atoms with Crippen molar-refractivity contribution in [2.24, 2.45) is 17.8 Å². The summed E-state index contributed by atoms with van der Waals surface area (Å²) in [5.41, 5.74) is 0. The number of aliphatic hydroxyl groups excluding tert-OH is 2. The molecule has 2 saturated carbocycles. The van der Waals surface area contributed by atoms with Gasteiger partial charge in [-0.3, -0.25) is 0 Å². The van der Waals surface area contributed by atoms with Crippen LogP contribution in [0.3, 0.4) is 0 Å². The molecule has 0 aliphatic heterocycles. The van der Waals surface area contributed by atoms with Crippen molar-refractivity contribution in [3.63, 3.8) is 0 Å². The van der Waals surface area contributed by atoms with Gasteiger partial charge in [0.2, 0.25) is 0 Å². The molecule has 2 rings (SSSR count). The number of ether oxygens (including phenoxy) is 2. The lowest BCUT2D eigenvalue weighted by molar-refractivity contribution is -0.152. The molecule has 0 aromatic rings. The summed E-state index contributed by atoms with van der Waals surface area (Å²) in [6, 6.07) is 0. The Morgan fingerprint density at radius 1 is 1.17 bits per heavy atom. The second-order valence-corrected chi connectivity index (χ2v) is 9.51. The van der Waals surface area contributed by atoms with Gasteiger partial charge in [0.25, 0.3) is 0 Å². The van der Waals surface area contributed by atoms with Crippen molar-refractivity contribution in [1.29, 1.82) is 0 Å². The fourth-order valence-corrected chi connectivity index (χ4v) is 5.28. The Morgan fingerprint density at radius 2 is 1.90 bits per heavy atom. The van der Waals surface area contributed by atoms with E-state index in [0.717, 1.165) is 32.1 Å². The highest BCUT2D eigenvalue weighted by molar-refractivity contribution is 6.21. The second-order valence-electron chi connectivity index (χ2n) is 8.95. The van der Waals surface area contributed by atoms with E-state index < -0.39 is 6.10 Å². The summed E-state index contributed by atoms with van der Waals surface area (Å²) in [6.07, 6.45) is 12.1. The first-order valence-electron chi connectivity index (χ1n) is 11.3. The number of hydrogen-bond donors (Lipinski definition) is 2. The lowest BCUT2D eigenvalue weighted by Crippen LogP contribution is -2.26. The molecule has 2 aliphatic carbocycles. The van der Waals surface area contributed by atoms with Gasteiger partial charge < -0.3 is 19.7 Å². The quantitative estimate of drug-likeness (QED) is 0.222. The number of halogens is 1. The zero-order chi connectivity index (χ0) is 21.2. The van der Waals surface area contributed by atoms with Crippen molar-refractivity contribution in [3.05, 3.63) is 12.2 Å². The number of rotatable bonds is 11. The minimum Gasteiger partial charge on any atom is -0.461 e. The van der Waals surface area contributed by atoms with E-state index in [9.17, 15) is 15.0 Å². The summed E-state index contributed by atoms with van der Waals surface area (Å²) in [4.78, 5) is 11.4. The predicted molar refractivity (Wildman–Crippen MR) is 115 cm³/mol. The molecule has 5 nitrogen and oxygen atoms in total. The maximum atomic E-state index is 11.4. The van der Waals surface area contributed by atoms with E-state index in [1.807, 2.05) is 12.2 Å². The molecule has 0 amide bonds. The van der Waals surface area contributed by atoms with Crippen LogP contribution in [0.1, 0.15) is 71.6 Å². The predicted octanol–water partition coefficient (Wildman–Crippen LogP) is 4.23. The first kappa shape index (κ1) is 24.6. The number of carbonyl (C=O) groups is 1. The van der Waals surface area contributed by atoms with E-state index in [0.29, 0.717) is 18.9 Å². The van der Waals surface area contributed by atoms with Gasteiger partial charge in [0, 0.05) is 5.38 Å². The van der Waals surface area contributed by atoms with Gasteiger partial charge in [-0.25, -0.2) is 4.79 Å². The van der Waals surface area contributed by atoms with Crippen LogP contribution < -0.4 is 0 Å². The van der Waals surface area contributed by atoms with E-state index in [1.165, 1.54) is 19.3 Å². The molecule has 0 bridgehead atoms. The van der Waals surface area contributed by atoms with Crippen LogP contribution in [0.2, 0.25) is 0 Å². The zero-order valence-corrected chi connectivity index (χ0v) is 18.7. The Hall–Kier alpha value is -0.620. The van der Waals surface area contributed by atoms with E-state index in [2.05, 4.69) is 0 Å². The third-order valence-electron chi connectivity index (χ3n) is 6.34. The Morgan fingerprint density at radius 3 is 2.59 bits per heavy atom. The molecule has 2 aliphatic rings. The van der Waals surface area contributed by atoms with Crippen LogP contribution in [-0.4, -0.2) is 53.1 Å². The van der Waals surface area contributed by atoms with Gasteiger partial charge in [0.15, 0.2) is 0 Å². The number of aliphatic hydroxyl groups is 2. The van der Waals surface area contributed by atoms with Crippen molar-refractivity contribution >= 4 is 17.6 Å². The highest BCUT2D eigenvalue weighted by atomic mass is 35.5. The molecule has 2 fully saturated rings. The highest BCUT2D eigenvalue weighted by Crippen LogP contribution is 2.42. The monoisotopic (exact) mass is 430 g/mol. The van der Waals surface area contributed by atoms with Crippen LogP contribution >= 0.6 is 11.6 Å². The van der Waals surface area contributed by atoms with Crippen molar-refractivity contribution < 1.29 is 24.5 Å². The largest absolute Gasteiger partial charge is 0.461 e. The lowest BCUT2D eigenvalue weighted by Gasteiger charge is -2.29. The summed E-state index contributed by atoms with van der Waals surface area (Å²) >= 11 is 6.51. The average Bonchev–Trinajstić information content (AvgIpc) is 2.95. The average molecular weight is 431 g/mol. The molecular weight excluding hydrogens is 392 g/mol. The molecule has 0 radical (unpaired) electrons. The smallest absolute Gasteiger partial charge is 0.332 e. The van der Waals surface area contributed by atoms with Crippen LogP contribution in [0.4, 0.5) is 0 Å². The van der Waals surface area contributed by atoms with Crippen LogP contribution in [0.15, 0.2) is 12.2 Å². The van der Waals surface area contributed by atoms with Gasteiger partial charge in [0.05, 0.1) is 24.9 Å². The Labute approximate surface area is 180 Å². The molecule has 29 heavy (non-hydrogen) atoms. The fraction of sp³-hybridized carbons (Fsp3) is 0.870. The number of esters is 1. The van der Waals surface area contributed by atoms with Gasteiger partial charge in [-0.15, -0.1) is 11.6 Å². The van der Waals surface area contributed by atoms with Crippen molar-refractivity contribution in [2.75, 3.05) is 13.2 Å². The molecule has 6 heteroatoms. The molecule has 168 valence electrons. The van der Waals surface area contributed by atoms with E-state index in [4.69, 9.17) is 21.1 Å². The minimum absolute atomic E-state index is 0.0478. The molecule has 0 saturated heterocycles. The summed E-state index contributed by atoms with van der Waals surface area (Å²) in [5.74, 6) is 0.395. The van der Waals surface area contributed by atoms with Crippen LogP contribution in [0.25, 0.3) is 0 Å². The SMILES string of the molecule is CC(C)OC(=O)COC/C=C\CC1C(CC[C@@H](O)C2CCCCC2)[C@@H](O)C[C@@H]1Cl. The molecular formula is C23H39ClO5. The third kappa shape index (κ3) is 8.56. The third-order valence-corrected chi connectivity index (χ3v) is 6.84. The van der Waals surface area contributed by atoms with Crippen LogP contribution in [0.5, 0.6) is 0 Å². The standard InChI is InChI=1S/C23H39ClO5/c1-16(2)29-23(27)15-28-13-7-6-10-18-19(22(26)14-20(18)24)11-12-21(25)17-8-4-3-5-9-17/h6-7,16-22,25-26H,3-5,8-15H2,1-2H3/b7-6-/t18?,19?,20-,21+,22-/m0/s1. The van der Waals surface area contributed by atoms with Crippen LogP contribution in [0, 0.1) is 17.8 Å². The fourth-order valence-electron chi connectivity index (χ4n) is 4.81. The molecule has 2 N–H and O–H groups in total. The number of carbonyl (C=O) groups excluding carboxylic acids is 1. The van der Waals surface area contributed by atoms with Crippen molar-refractivity contribution in [1.82, 2.24) is 0 Å². The Kier molecular flexibility index (Phi) is 11.0. The first-order valence-corrected chi connectivity index (χ1v) is 11.7. The summed E-state index contributed by atoms with van der Waals surface area (Å²) in [7, 11) is 0. The number of alkyl halides is 1. The number of allylic oxidation sites excluding steroid dienone is 1. The molecule has 5 atom stereocenters. The van der Waals surface area contributed by atoms with Crippen LogP contribution in [-0.2, 0) is 14.3 Å². The molecule has 0 aromatic carbocycles. The van der Waals surface area contributed by atoms with E-state index in [1.54, 1.807) is 13.8 Å². The second kappa shape index (κ2) is 12.9. The molecule has 0 aromatic heterocycles. The van der Waals surface area contributed by atoms with Gasteiger partial charge >= 0.3 is 5.97 Å².